The Labute approximate surface area is 111 Å². The fourth-order valence-corrected chi connectivity index (χ4v) is 1.75. The van der Waals surface area contributed by atoms with Crippen LogP contribution < -0.4 is 11.1 Å². The third-order valence-corrected chi connectivity index (χ3v) is 2.79. The maximum Gasteiger partial charge on any atom is 0.155 e. The van der Waals surface area contributed by atoms with Gasteiger partial charge >= 0.3 is 0 Å². The van der Waals surface area contributed by atoms with Crippen LogP contribution in [0.25, 0.3) is 0 Å². The number of aromatic nitrogens is 1. The van der Waals surface area contributed by atoms with E-state index in [1.807, 2.05) is 6.07 Å². The van der Waals surface area contributed by atoms with Crippen LogP contribution in [0.4, 0.5) is 21.6 Å². The zero-order valence-corrected chi connectivity index (χ0v) is 10.7. The molecule has 0 saturated heterocycles. The van der Waals surface area contributed by atoms with Crippen molar-refractivity contribution in [1.29, 1.82) is 5.26 Å². The monoisotopic (exact) mass is 306 g/mol. The zero-order chi connectivity index (χ0) is 13.1. The second-order valence-electron chi connectivity index (χ2n) is 3.48. The fraction of sp³-hybridized carbons (Fsp3) is 0. The van der Waals surface area contributed by atoms with Crippen molar-refractivity contribution in [3.63, 3.8) is 0 Å². The number of rotatable bonds is 2. The summed E-state index contributed by atoms with van der Waals surface area (Å²) in [5, 5.41) is 11.6. The van der Waals surface area contributed by atoms with Gasteiger partial charge in [0.15, 0.2) is 5.82 Å². The standard InChI is InChI=1S/C12H8BrFN4/c13-8-1-2-9(14)10(5-8)18-12-11(16)7(6-15)3-4-17-12/h1-5H,16H2,(H,17,18). The van der Waals surface area contributed by atoms with Crippen LogP contribution in [0.15, 0.2) is 34.9 Å². The first kappa shape index (κ1) is 12.3. The molecule has 0 aliphatic carbocycles. The van der Waals surface area contributed by atoms with Crippen molar-refractivity contribution >= 4 is 33.1 Å². The summed E-state index contributed by atoms with van der Waals surface area (Å²) < 4.78 is 14.3. The quantitative estimate of drug-likeness (QED) is 0.893. The van der Waals surface area contributed by atoms with Crippen molar-refractivity contribution in [2.45, 2.75) is 0 Å². The van der Waals surface area contributed by atoms with E-state index >= 15 is 0 Å². The van der Waals surface area contributed by atoms with Gasteiger partial charge < -0.3 is 11.1 Å². The van der Waals surface area contributed by atoms with Crippen molar-refractivity contribution in [1.82, 2.24) is 4.98 Å². The number of pyridine rings is 1. The van der Waals surface area contributed by atoms with Gasteiger partial charge in [0, 0.05) is 10.7 Å². The summed E-state index contributed by atoms with van der Waals surface area (Å²) in [6.07, 6.45) is 1.44. The molecule has 0 amide bonds. The highest BCUT2D eigenvalue weighted by Crippen LogP contribution is 2.27. The molecule has 18 heavy (non-hydrogen) atoms. The van der Waals surface area contributed by atoms with Gasteiger partial charge in [-0.3, -0.25) is 0 Å². The van der Waals surface area contributed by atoms with E-state index in [1.54, 1.807) is 12.1 Å². The molecule has 3 N–H and O–H groups in total. The van der Waals surface area contributed by atoms with E-state index < -0.39 is 5.82 Å². The van der Waals surface area contributed by atoms with Gasteiger partial charge in [-0.1, -0.05) is 15.9 Å². The lowest BCUT2D eigenvalue weighted by atomic mass is 10.2. The van der Waals surface area contributed by atoms with Crippen molar-refractivity contribution in [3.8, 4) is 6.07 Å². The Morgan fingerprint density at radius 2 is 2.17 bits per heavy atom. The first-order chi connectivity index (χ1) is 8.61. The van der Waals surface area contributed by atoms with Gasteiger partial charge in [-0.25, -0.2) is 9.37 Å². The number of nitrogen functional groups attached to an aromatic ring is 1. The lowest BCUT2D eigenvalue weighted by Gasteiger charge is -2.10. The Balaban J connectivity index is 2.41. The van der Waals surface area contributed by atoms with Crippen molar-refractivity contribution in [3.05, 3.63) is 46.3 Å². The first-order valence-electron chi connectivity index (χ1n) is 4.98. The second kappa shape index (κ2) is 5.02. The molecule has 1 heterocycles. The molecule has 2 aromatic rings. The normalized spacial score (nSPS) is 9.83. The SMILES string of the molecule is N#Cc1ccnc(Nc2cc(Br)ccc2F)c1N. The van der Waals surface area contributed by atoms with Crippen LogP contribution in [-0.4, -0.2) is 4.98 Å². The molecule has 1 aromatic heterocycles. The Bertz CT molecular complexity index is 636. The third kappa shape index (κ3) is 2.41. The molecule has 1 aromatic carbocycles. The number of nitrogens with two attached hydrogens (primary N) is 1. The number of halogens is 2. The largest absolute Gasteiger partial charge is 0.395 e. The van der Waals surface area contributed by atoms with Gasteiger partial charge in [0.25, 0.3) is 0 Å². The Morgan fingerprint density at radius 1 is 1.39 bits per heavy atom. The number of hydrogen-bond acceptors (Lipinski definition) is 4. The number of anilines is 3. The van der Waals surface area contributed by atoms with Gasteiger partial charge in [-0.05, 0) is 24.3 Å². The highest BCUT2D eigenvalue weighted by Gasteiger charge is 2.09. The van der Waals surface area contributed by atoms with Crippen LogP contribution >= 0.6 is 15.9 Å². The first-order valence-corrected chi connectivity index (χ1v) is 5.78. The fourth-order valence-electron chi connectivity index (χ4n) is 1.39. The summed E-state index contributed by atoms with van der Waals surface area (Å²) in [5.74, 6) is -0.173. The van der Waals surface area contributed by atoms with E-state index in [-0.39, 0.29) is 17.2 Å². The van der Waals surface area contributed by atoms with Crippen LogP contribution in [0.2, 0.25) is 0 Å². The average molecular weight is 307 g/mol. The third-order valence-electron chi connectivity index (χ3n) is 2.29. The topological polar surface area (TPSA) is 74.7 Å². The molecule has 0 aliphatic rings. The van der Waals surface area contributed by atoms with Crippen LogP contribution in [0.5, 0.6) is 0 Å². The minimum absolute atomic E-state index is 0.194. The zero-order valence-electron chi connectivity index (χ0n) is 9.11. The highest BCUT2D eigenvalue weighted by atomic mass is 79.9. The Morgan fingerprint density at radius 3 is 2.89 bits per heavy atom. The minimum atomic E-state index is -0.429. The van der Waals surface area contributed by atoms with E-state index in [0.717, 1.165) is 4.47 Å². The van der Waals surface area contributed by atoms with Crippen LogP contribution in [0, 0.1) is 17.1 Å². The summed E-state index contributed by atoms with van der Waals surface area (Å²) >= 11 is 3.25. The summed E-state index contributed by atoms with van der Waals surface area (Å²) in [4.78, 5) is 3.98. The smallest absolute Gasteiger partial charge is 0.155 e. The Hall–Kier alpha value is -2.13. The molecule has 0 aliphatic heterocycles. The average Bonchev–Trinajstić information content (AvgIpc) is 2.36. The molecular weight excluding hydrogens is 299 g/mol. The maximum atomic E-state index is 13.6. The Kier molecular flexibility index (Phi) is 3.44. The molecule has 0 radical (unpaired) electrons. The molecule has 6 heteroatoms. The predicted octanol–water partition coefficient (Wildman–Crippen LogP) is 3.18. The number of nitrogens with zero attached hydrogens (tertiary/aromatic N) is 2. The predicted molar refractivity (Wildman–Crippen MR) is 70.7 cm³/mol. The van der Waals surface area contributed by atoms with Crippen molar-refractivity contribution < 1.29 is 4.39 Å². The van der Waals surface area contributed by atoms with E-state index in [0.29, 0.717) is 5.56 Å². The van der Waals surface area contributed by atoms with E-state index in [9.17, 15) is 4.39 Å². The molecule has 90 valence electrons. The van der Waals surface area contributed by atoms with Crippen LogP contribution in [0.3, 0.4) is 0 Å². The molecule has 0 fully saturated rings. The lowest BCUT2D eigenvalue weighted by Crippen LogP contribution is -2.02. The maximum absolute atomic E-state index is 13.6. The lowest BCUT2D eigenvalue weighted by molar-refractivity contribution is 0.631. The van der Waals surface area contributed by atoms with Gasteiger partial charge in [0.2, 0.25) is 0 Å². The number of hydrogen-bond donors (Lipinski definition) is 2. The number of nitrogens with one attached hydrogen (secondary N) is 1. The number of nitriles is 1. The summed E-state index contributed by atoms with van der Waals surface area (Å²) in [7, 11) is 0. The molecule has 0 bridgehead atoms. The highest BCUT2D eigenvalue weighted by molar-refractivity contribution is 9.10. The van der Waals surface area contributed by atoms with E-state index in [2.05, 4.69) is 26.2 Å². The molecule has 0 unspecified atom stereocenters. The molecule has 4 nitrogen and oxygen atoms in total. The van der Waals surface area contributed by atoms with Gasteiger partial charge in [-0.2, -0.15) is 5.26 Å². The summed E-state index contributed by atoms with van der Waals surface area (Å²) in [6.45, 7) is 0. The van der Waals surface area contributed by atoms with Crippen LogP contribution in [0.1, 0.15) is 5.56 Å². The van der Waals surface area contributed by atoms with Crippen molar-refractivity contribution in [2.75, 3.05) is 11.1 Å². The van der Waals surface area contributed by atoms with Crippen LogP contribution in [-0.2, 0) is 0 Å². The minimum Gasteiger partial charge on any atom is -0.395 e. The van der Waals surface area contributed by atoms with Gasteiger partial charge in [0.1, 0.15) is 11.9 Å². The van der Waals surface area contributed by atoms with Crippen molar-refractivity contribution in [2.24, 2.45) is 0 Å². The van der Waals surface area contributed by atoms with E-state index in [1.165, 1.54) is 18.3 Å². The molecule has 2 rings (SSSR count). The molecular formula is C12H8BrFN4. The van der Waals surface area contributed by atoms with E-state index in [4.69, 9.17) is 11.0 Å². The molecule has 0 saturated carbocycles. The molecule has 0 atom stereocenters. The summed E-state index contributed by atoms with van der Waals surface area (Å²) in [5.41, 5.74) is 6.47. The van der Waals surface area contributed by atoms with Gasteiger partial charge in [-0.15, -0.1) is 0 Å². The van der Waals surface area contributed by atoms with Gasteiger partial charge in [0.05, 0.1) is 16.9 Å². The number of benzene rings is 1. The second-order valence-corrected chi connectivity index (χ2v) is 4.40. The molecule has 0 spiro atoms. The summed E-state index contributed by atoms with van der Waals surface area (Å²) in [6, 6.07) is 7.90.